The summed E-state index contributed by atoms with van der Waals surface area (Å²) in [7, 11) is -1.09. The molecule has 0 N–H and O–H groups in total. The Labute approximate surface area is 131 Å². The number of hydrogen-bond acceptors (Lipinski definition) is 5. The molecule has 0 aliphatic carbocycles. The van der Waals surface area contributed by atoms with Gasteiger partial charge in [-0.2, -0.15) is 0 Å². The molecule has 7 heteroatoms. The smallest absolute Gasteiger partial charge is 0.237 e. The Morgan fingerprint density at radius 2 is 2.14 bits per heavy atom. The van der Waals surface area contributed by atoms with Crippen molar-refractivity contribution in [3.8, 4) is 0 Å². The van der Waals surface area contributed by atoms with Crippen molar-refractivity contribution in [1.82, 2.24) is 14.8 Å². The van der Waals surface area contributed by atoms with Gasteiger partial charge >= 0.3 is 0 Å². The summed E-state index contributed by atoms with van der Waals surface area (Å²) < 4.78 is 23.1. The van der Waals surface area contributed by atoms with Gasteiger partial charge in [-0.1, -0.05) is 0 Å². The number of rotatable bonds is 3. The second-order valence-corrected chi connectivity index (χ2v) is 8.54. The minimum absolute atomic E-state index is 0.0390. The highest BCUT2D eigenvalue weighted by atomic mass is 32.2. The van der Waals surface area contributed by atoms with E-state index in [1.807, 2.05) is 36.0 Å². The van der Waals surface area contributed by atoms with Gasteiger partial charge in [-0.15, -0.1) is 0 Å². The lowest BCUT2D eigenvalue weighted by Gasteiger charge is -2.25. The number of amides is 1. The summed E-state index contributed by atoms with van der Waals surface area (Å²) in [6.45, 7) is 3.42. The van der Waals surface area contributed by atoms with E-state index < -0.39 is 9.84 Å². The van der Waals surface area contributed by atoms with E-state index in [9.17, 15) is 13.2 Å². The highest BCUT2D eigenvalue weighted by Crippen LogP contribution is 2.23. The average Bonchev–Trinajstić information content (AvgIpc) is 3.01. The predicted octanol–water partition coefficient (Wildman–Crippen LogP) is 0.351. The molecule has 1 aromatic rings. The van der Waals surface area contributed by atoms with Crippen LogP contribution in [-0.4, -0.2) is 60.2 Å². The van der Waals surface area contributed by atoms with Crippen LogP contribution in [0.15, 0.2) is 12.3 Å². The van der Waals surface area contributed by atoms with E-state index in [2.05, 4.69) is 4.98 Å². The lowest BCUT2D eigenvalue weighted by atomic mass is 10.2. The van der Waals surface area contributed by atoms with Gasteiger partial charge in [0.25, 0.3) is 0 Å². The fourth-order valence-electron chi connectivity index (χ4n) is 3.14. The largest absolute Gasteiger partial charge is 0.333 e. The third kappa shape index (κ3) is 3.15. The van der Waals surface area contributed by atoms with Crippen LogP contribution in [0.3, 0.4) is 0 Å². The molecule has 0 unspecified atom stereocenters. The summed E-state index contributed by atoms with van der Waals surface area (Å²) in [6.07, 6.45) is 2.46. The lowest BCUT2D eigenvalue weighted by molar-refractivity contribution is -0.133. The summed E-state index contributed by atoms with van der Waals surface area (Å²) in [4.78, 5) is 20.4. The van der Waals surface area contributed by atoms with Crippen molar-refractivity contribution in [3.05, 3.63) is 29.1 Å². The van der Waals surface area contributed by atoms with Crippen LogP contribution in [0.4, 0.5) is 0 Å². The molecule has 3 rings (SSSR count). The second kappa shape index (κ2) is 5.62. The van der Waals surface area contributed by atoms with Crippen LogP contribution >= 0.6 is 0 Å². The summed E-state index contributed by atoms with van der Waals surface area (Å²) in [5, 5.41) is 0. The molecule has 1 saturated heterocycles. The van der Waals surface area contributed by atoms with Gasteiger partial charge < -0.3 is 4.90 Å². The molecular formula is C15H21N3O3S. The van der Waals surface area contributed by atoms with Gasteiger partial charge in [0.15, 0.2) is 9.84 Å². The Morgan fingerprint density at radius 1 is 1.41 bits per heavy atom. The number of fused-ring (bicyclic) bond motifs is 1. The highest BCUT2D eigenvalue weighted by molar-refractivity contribution is 7.91. The maximum absolute atomic E-state index is 12.4. The quantitative estimate of drug-likeness (QED) is 0.803. The predicted molar refractivity (Wildman–Crippen MR) is 82.9 cm³/mol. The molecule has 1 amide bonds. The molecule has 0 radical (unpaired) electrons. The van der Waals surface area contributed by atoms with E-state index >= 15 is 0 Å². The number of aromatic nitrogens is 1. The maximum atomic E-state index is 12.4. The van der Waals surface area contributed by atoms with Crippen molar-refractivity contribution in [3.63, 3.8) is 0 Å². The number of carbonyl (C=O) groups is 1. The molecule has 2 aliphatic heterocycles. The molecule has 0 saturated carbocycles. The van der Waals surface area contributed by atoms with Crippen molar-refractivity contribution < 1.29 is 13.2 Å². The molecule has 6 nitrogen and oxygen atoms in total. The first kappa shape index (κ1) is 15.4. The number of sulfone groups is 1. The van der Waals surface area contributed by atoms with Crippen molar-refractivity contribution in [1.29, 1.82) is 0 Å². The van der Waals surface area contributed by atoms with Crippen molar-refractivity contribution >= 4 is 15.7 Å². The first-order valence-electron chi connectivity index (χ1n) is 7.47. The van der Waals surface area contributed by atoms with E-state index in [1.54, 1.807) is 0 Å². The molecule has 0 spiro atoms. The second-order valence-electron chi connectivity index (χ2n) is 6.32. The Kier molecular flexibility index (Phi) is 3.94. The fraction of sp³-hybridized carbons (Fsp3) is 0.600. The third-order valence-electron chi connectivity index (χ3n) is 4.51. The number of carbonyl (C=O) groups excluding carboxylic acids is 1. The minimum atomic E-state index is -2.92. The normalized spacial score (nSPS) is 23.0. The number of nitrogens with zero attached hydrogens (tertiary/aromatic N) is 3. The van der Waals surface area contributed by atoms with Gasteiger partial charge in [0.2, 0.25) is 5.91 Å². The van der Waals surface area contributed by atoms with Gasteiger partial charge in [0.1, 0.15) is 0 Å². The minimum Gasteiger partial charge on any atom is -0.333 e. The van der Waals surface area contributed by atoms with Crippen LogP contribution in [0.25, 0.3) is 0 Å². The van der Waals surface area contributed by atoms with E-state index in [1.165, 1.54) is 0 Å². The van der Waals surface area contributed by atoms with Gasteiger partial charge in [-0.05, 0) is 37.6 Å². The van der Waals surface area contributed by atoms with Crippen LogP contribution in [0.1, 0.15) is 23.2 Å². The van der Waals surface area contributed by atoms with Gasteiger partial charge in [-0.3, -0.25) is 14.7 Å². The Morgan fingerprint density at radius 3 is 2.82 bits per heavy atom. The summed E-state index contributed by atoms with van der Waals surface area (Å²) in [5.74, 6) is 0.441. The van der Waals surface area contributed by atoms with Gasteiger partial charge in [0, 0.05) is 31.0 Å². The van der Waals surface area contributed by atoms with Gasteiger partial charge in [0.05, 0.1) is 18.1 Å². The van der Waals surface area contributed by atoms with E-state index in [-0.39, 0.29) is 30.0 Å². The summed E-state index contributed by atoms with van der Waals surface area (Å²) in [5.41, 5.74) is 3.22. The van der Waals surface area contributed by atoms with Crippen molar-refractivity contribution in [2.45, 2.75) is 32.5 Å². The molecule has 22 heavy (non-hydrogen) atoms. The Balaban J connectivity index is 1.60. The zero-order valence-corrected chi connectivity index (χ0v) is 13.8. The number of likely N-dealkylation sites (N-methyl/N-ethyl adjacent to an activating group) is 1. The fourth-order valence-corrected chi connectivity index (χ4v) is 4.95. The van der Waals surface area contributed by atoms with Crippen LogP contribution in [0.2, 0.25) is 0 Å². The number of pyridine rings is 1. The molecule has 1 atom stereocenters. The van der Waals surface area contributed by atoms with E-state index in [0.717, 1.165) is 16.8 Å². The molecule has 0 aromatic carbocycles. The Hall–Kier alpha value is -1.47. The van der Waals surface area contributed by atoms with Crippen LogP contribution in [0, 0.1) is 6.92 Å². The number of hydrogen-bond donors (Lipinski definition) is 0. The monoisotopic (exact) mass is 323 g/mol. The topological polar surface area (TPSA) is 70.6 Å². The standard InChI is InChI=1S/C15H21N3O3S/c1-11-5-12-7-18(8-13(12)6-16-11)15(19)9-17(2)14-3-4-22(20,21)10-14/h5-6,14H,3-4,7-10H2,1-2H3/t14-/m0/s1. The van der Waals surface area contributed by atoms with Gasteiger partial charge in [-0.25, -0.2) is 8.42 Å². The maximum Gasteiger partial charge on any atom is 0.237 e. The molecular weight excluding hydrogens is 302 g/mol. The average molecular weight is 323 g/mol. The number of aryl methyl sites for hydroxylation is 1. The first-order chi connectivity index (χ1) is 10.3. The lowest BCUT2D eigenvalue weighted by Crippen LogP contribution is -2.41. The molecule has 120 valence electrons. The zero-order chi connectivity index (χ0) is 15.9. The SMILES string of the molecule is Cc1cc2c(cn1)CN(C(=O)CN(C)[C@H]1CCS(=O)(=O)C1)C2. The van der Waals surface area contributed by atoms with Crippen LogP contribution in [0.5, 0.6) is 0 Å². The Bertz CT molecular complexity index is 702. The molecule has 3 heterocycles. The van der Waals surface area contributed by atoms with Crippen molar-refractivity contribution in [2.75, 3.05) is 25.1 Å². The molecule has 1 aromatic heterocycles. The third-order valence-corrected chi connectivity index (χ3v) is 6.26. The molecule has 0 bridgehead atoms. The van der Waals surface area contributed by atoms with Crippen molar-refractivity contribution in [2.24, 2.45) is 0 Å². The van der Waals surface area contributed by atoms with Crippen LogP contribution in [-0.2, 0) is 27.7 Å². The summed E-state index contributed by atoms with van der Waals surface area (Å²) in [6, 6.07) is 1.98. The van der Waals surface area contributed by atoms with E-state index in [0.29, 0.717) is 19.5 Å². The summed E-state index contributed by atoms with van der Waals surface area (Å²) >= 11 is 0. The first-order valence-corrected chi connectivity index (χ1v) is 9.29. The molecule has 1 fully saturated rings. The zero-order valence-electron chi connectivity index (χ0n) is 12.9. The van der Waals surface area contributed by atoms with Crippen LogP contribution < -0.4 is 0 Å². The molecule has 2 aliphatic rings. The van der Waals surface area contributed by atoms with E-state index in [4.69, 9.17) is 0 Å². The highest BCUT2D eigenvalue weighted by Gasteiger charge is 2.32.